The van der Waals surface area contributed by atoms with Gasteiger partial charge in [0.15, 0.2) is 5.13 Å². The third-order valence-corrected chi connectivity index (χ3v) is 5.89. The average molecular weight is 456 g/mol. The van der Waals surface area contributed by atoms with Gasteiger partial charge < -0.3 is 10.1 Å². The van der Waals surface area contributed by atoms with E-state index in [-0.39, 0.29) is 12.3 Å². The van der Waals surface area contributed by atoms with Crippen molar-refractivity contribution in [1.82, 2.24) is 4.98 Å². The van der Waals surface area contributed by atoms with E-state index in [4.69, 9.17) is 21.7 Å². The van der Waals surface area contributed by atoms with Crippen LogP contribution < -0.4 is 5.32 Å². The fourth-order valence-electron chi connectivity index (χ4n) is 2.93. The van der Waals surface area contributed by atoms with Gasteiger partial charge in [-0.05, 0) is 23.6 Å². The number of amides is 1. The number of hydrogen-bond acceptors (Lipinski definition) is 6. The molecule has 0 saturated heterocycles. The lowest BCUT2D eigenvalue weighted by Crippen LogP contribution is -2.34. The zero-order valence-electron chi connectivity index (χ0n) is 16.9. The van der Waals surface area contributed by atoms with E-state index in [9.17, 15) is 9.59 Å². The lowest BCUT2D eigenvalue weighted by Gasteiger charge is -2.14. The summed E-state index contributed by atoms with van der Waals surface area (Å²) in [5.74, 6) is -2.17. The van der Waals surface area contributed by atoms with Gasteiger partial charge in [-0.25, -0.2) is 9.78 Å². The Labute approximate surface area is 189 Å². The van der Waals surface area contributed by atoms with Gasteiger partial charge in [-0.2, -0.15) is 0 Å². The van der Waals surface area contributed by atoms with Crippen LogP contribution in [0.4, 0.5) is 5.13 Å². The highest BCUT2D eigenvalue weighted by atomic mass is 35.5. The third-order valence-electron chi connectivity index (χ3n) is 4.61. The second-order valence-electron chi connectivity index (χ2n) is 6.83. The minimum atomic E-state index is -0.917. The van der Waals surface area contributed by atoms with Crippen molar-refractivity contribution in [1.29, 1.82) is 5.41 Å². The summed E-state index contributed by atoms with van der Waals surface area (Å²) in [6.07, 6.45) is 2.58. The van der Waals surface area contributed by atoms with Gasteiger partial charge in [0.2, 0.25) is 5.91 Å². The highest BCUT2D eigenvalue weighted by Crippen LogP contribution is 2.25. The molecule has 0 fully saturated rings. The van der Waals surface area contributed by atoms with Crippen LogP contribution in [-0.2, 0) is 27.4 Å². The molecule has 0 saturated carbocycles. The molecule has 0 aliphatic heterocycles. The van der Waals surface area contributed by atoms with Crippen molar-refractivity contribution in [2.24, 2.45) is 5.92 Å². The monoisotopic (exact) mass is 455 g/mol. The van der Waals surface area contributed by atoms with E-state index >= 15 is 0 Å². The normalized spacial score (nSPS) is 11.5. The van der Waals surface area contributed by atoms with Crippen LogP contribution in [0.1, 0.15) is 29.3 Å². The lowest BCUT2D eigenvalue weighted by molar-refractivity contribution is -0.137. The van der Waals surface area contributed by atoms with Crippen molar-refractivity contribution in [3.8, 4) is 0 Å². The molecule has 0 radical (unpaired) electrons. The number of carbonyl (C=O) groups excluding carboxylic acids is 2. The molecule has 1 unspecified atom stereocenters. The zero-order valence-corrected chi connectivity index (χ0v) is 18.5. The van der Waals surface area contributed by atoms with Crippen molar-refractivity contribution >= 4 is 45.7 Å². The Morgan fingerprint density at radius 2 is 1.87 bits per heavy atom. The second kappa shape index (κ2) is 10.8. The van der Waals surface area contributed by atoms with Crippen LogP contribution in [0, 0.1) is 11.3 Å². The summed E-state index contributed by atoms with van der Waals surface area (Å²) in [5, 5.41) is 11.9. The van der Waals surface area contributed by atoms with Gasteiger partial charge in [-0.1, -0.05) is 67.1 Å². The first-order chi connectivity index (χ1) is 15.0. The standard InChI is InChI=1S/C23H22ClN3O3S/c1-2-18(20(25)22(29)30-14-15-8-4-3-5-9-15)21(28)27-23-26-13-17(31-23)12-16-10-6-7-11-19(16)24/h3-11,13,18,25H,2,12,14H2,1H3,(H,26,27,28). The van der Waals surface area contributed by atoms with E-state index in [2.05, 4.69) is 10.3 Å². The molecule has 3 rings (SSSR count). The first-order valence-corrected chi connectivity index (χ1v) is 11.0. The summed E-state index contributed by atoms with van der Waals surface area (Å²) in [4.78, 5) is 30.1. The fraction of sp³-hybridized carbons (Fsp3) is 0.217. The van der Waals surface area contributed by atoms with Gasteiger partial charge in [0.25, 0.3) is 0 Å². The predicted octanol–water partition coefficient (Wildman–Crippen LogP) is 5.12. The van der Waals surface area contributed by atoms with E-state index < -0.39 is 17.8 Å². The number of anilines is 1. The van der Waals surface area contributed by atoms with E-state index in [1.54, 1.807) is 13.1 Å². The van der Waals surface area contributed by atoms with Gasteiger partial charge in [-0.15, -0.1) is 11.3 Å². The van der Waals surface area contributed by atoms with Crippen LogP contribution in [-0.4, -0.2) is 22.6 Å². The molecule has 31 heavy (non-hydrogen) atoms. The second-order valence-corrected chi connectivity index (χ2v) is 8.35. The summed E-state index contributed by atoms with van der Waals surface area (Å²) in [6.45, 7) is 1.80. The molecule has 3 aromatic rings. The largest absolute Gasteiger partial charge is 0.456 e. The van der Waals surface area contributed by atoms with Crippen LogP contribution in [0.2, 0.25) is 5.02 Å². The first kappa shape index (κ1) is 22.7. The number of hydrogen-bond donors (Lipinski definition) is 2. The van der Waals surface area contributed by atoms with Crippen molar-refractivity contribution in [2.45, 2.75) is 26.4 Å². The van der Waals surface area contributed by atoms with E-state index in [0.717, 1.165) is 16.0 Å². The number of nitrogens with zero attached hydrogens (tertiary/aromatic N) is 1. The Morgan fingerprint density at radius 3 is 2.58 bits per heavy atom. The molecule has 2 aromatic carbocycles. The smallest absolute Gasteiger partial charge is 0.353 e. The minimum Gasteiger partial charge on any atom is -0.456 e. The molecule has 8 heteroatoms. The molecule has 1 aromatic heterocycles. The van der Waals surface area contributed by atoms with Crippen molar-refractivity contribution in [2.75, 3.05) is 5.32 Å². The number of aromatic nitrogens is 1. The molecule has 6 nitrogen and oxygen atoms in total. The van der Waals surface area contributed by atoms with Crippen LogP contribution >= 0.6 is 22.9 Å². The zero-order chi connectivity index (χ0) is 22.2. The molecule has 0 spiro atoms. The number of halogens is 1. The Morgan fingerprint density at radius 1 is 1.16 bits per heavy atom. The van der Waals surface area contributed by atoms with Crippen molar-refractivity contribution in [3.63, 3.8) is 0 Å². The molecule has 1 atom stereocenters. The minimum absolute atomic E-state index is 0.0536. The van der Waals surface area contributed by atoms with Crippen LogP contribution in [0.3, 0.4) is 0 Å². The maximum Gasteiger partial charge on any atom is 0.353 e. The van der Waals surface area contributed by atoms with Crippen LogP contribution in [0.5, 0.6) is 0 Å². The molecule has 0 bridgehead atoms. The Bertz CT molecular complexity index is 1070. The fourth-order valence-corrected chi connectivity index (χ4v) is 3.97. The molecule has 160 valence electrons. The number of thiazole rings is 1. The number of rotatable bonds is 9. The molecule has 0 aliphatic rings. The SMILES string of the molecule is CCC(C(=N)C(=O)OCc1ccccc1)C(=O)Nc1ncc(Cc2ccccc2Cl)s1. The van der Waals surface area contributed by atoms with Gasteiger partial charge in [0, 0.05) is 22.5 Å². The van der Waals surface area contributed by atoms with Crippen molar-refractivity contribution < 1.29 is 14.3 Å². The number of nitrogens with one attached hydrogen (secondary N) is 2. The van der Waals surface area contributed by atoms with Gasteiger partial charge in [0.1, 0.15) is 12.3 Å². The quantitative estimate of drug-likeness (QED) is 0.346. The van der Waals surface area contributed by atoms with Gasteiger partial charge in [0.05, 0.1) is 5.92 Å². The summed E-state index contributed by atoms with van der Waals surface area (Å²) in [5.41, 5.74) is 1.42. The van der Waals surface area contributed by atoms with Gasteiger partial charge >= 0.3 is 5.97 Å². The summed E-state index contributed by atoms with van der Waals surface area (Å²) >= 11 is 7.53. The Kier molecular flexibility index (Phi) is 7.92. The number of benzene rings is 2. The molecular formula is C23H22ClN3O3S. The average Bonchev–Trinajstić information content (AvgIpc) is 3.21. The topological polar surface area (TPSA) is 92.1 Å². The number of esters is 1. The molecule has 1 heterocycles. The van der Waals surface area contributed by atoms with Crippen LogP contribution in [0.25, 0.3) is 0 Å². The lowest BCUT2D eigenvalue weighted by atomic mass is 9.99. The number of ether oxygens (including phenoxy) is 1. The van der Waals surface area contributed by atoms with E-state index in [0.29, 0.717) is 23.0 Å². The summed E-state index contributed by atoms with van der Waals surface area (Å²) in [6, 6.07) is 16.7. The maximum atomic E-state index is 12.7. The first-order valence-electron chi connectivity index (χ1n) is 9.76. The van der Waals surface area contributed by atoms with Crippen LogP contribution in [0.15, 0.2) is 60.8 Å². The van der Waals surface area contributed by atoms with E-state index in [1.807, 2.05) is 54.6 Å². The van der Waals surface area contributed by atoms with Gasteiger partial charge in [-0.3, -0.25) is 10.2 Å². The highest BCUT2D eigenvalue weighted by molar-refractivity contribution is 7.15. The molecule has 1 amide bonds. The summed E-state index contributed by atoms with van der Waals surface area (Å²) < 4.78 is 5.19. The van der Waals surface area contributed by atoms with E-state index in [1.165, 1.54) is 11.3 Å². The third kappa shape index (κ3) is 6.23. The molecule has 0 aliphatic carbocycles. The van der Waals surface area contributed by atoms with Crippen molar-refractivity contribution in [3.05, 3.63) is 81.8 Å². The maximum absolute atomic E-state index is 12.7. The highest BCUT2D eigenvalue weighted by Gasteiger charge is 2.28. The Hall–Kier alpha value is -3.03. The Balaban J connectivity index is 1.58. The number of carbonyl (C=O) groups is 2. The molecule has 2 N–H and O–H groups in total. The summed E-state index contributed by atoms with van der Waals surface area (Å²) in [7, 11) is 0. The molecular weight excluding hydrogens is 434 g/mol. The predicted molar refractivity (Wildman–Crippen MR) is 123 cm³/mol.